The minimum Gasteiger partial charge on any atom is -0.414 e. The van der Waals surface area contributed by atoms with E-state index in [0.29, 0.717) is 23.4 Å². The van der Waals surface area contributed by atoms with E-state index in [1.54, 1.807) is 54.6 Å². The Morgan fingerprint density at radius 1 is 0.787 bits per heavy atom. The van der Waals surface area contributed by atoms with Crippen molar-refractivity contribution < 1.29 is 27.6 Å². The Morgan fingerprint density at radius 3 is 2.15 bits per heavy atom. The number of benzene rings is 4. The summed E-state index contributed by atoms with van der Waals surface area (Å²) in [5.41, 5.74) is 1.97. The van der Waals surface area contributed by atoms with Crippen molar-refractivity contribution in [3.05, 3.63) is 131 Å². The largest absolute Gasteiger partial charge is 0.414 e. The summed E-state index contributed by atoms with van der Waals surface area (Å²) in [5, 5.41) is 13.7. The van der Waals surface area contributed by atoms with Gasteiger partial charge in [-0.15, -0.1) is 10.2 Å². The fourth-order valence-corrected chi connectivity index (χ4v) is 5.24. The Kier molecular flexibility index (Phi) is 10.8. The van der Waals surface area contributed by atoms with E-state index in [9.17, 15) is 23.2 Å². The molecule has 11 heteroatoms. The third kappa shape index (κ3) is 8.14. The van der Waals surface area contributed by atoms with Gasteiger partial charge in [-0.05, 0) is 54.4 Å². The van der Waals surface area contributed by atoms with Gasteiger partial charge in [0.25, 0.3) is 11.8 Å². The highest BCUT2D eigenvalue weighted by atomic mass is 35.5. The van der Waals surface area contributed by atoms with Gasteiger partial charge in [-0.2, -0.15) is 0 Å². The molecule has 0 aliphatic carbocycles. The number of carbonyl (C=O) groups is 3. The molecule has 0 fully saturated rings. The Balaban J connectivity index is 1.38. The Morgan fingerprint density at radius 2 is 1.47 bits per heavy atom. The number of halogens is 3. The quantitative estimate of drug-likeness (QED) is 0.129. The molecular weight excluding hydrogens is 626 g/mol. The predicted octanol–water partition coefficient (Wildman–Crippen LogP) is 7.23. The standard InChI is InChI=1S/C36H31ClF2N4O4/c1-2-3-16-30(32(44)36-43-42-35(47-36)24-10-5-4-6-11-24)40-34(46)31(21-26-28(38)14-9-15-29(26)39)41-33(45)23-19-17-22(18-20-23)25-12-7-8-13-27(25)37/h4-15,17-20,30-31H,2-3,16,21H2,1H3,(H,40,46)(H,41,45)/t30-,31?/m0/s1. The molecule has 0 aliphatic heterocycles. The van der Waals surface area contributed by atoms with Gasteiger partial charge in [-0.1, -0.05) is 86.0 Å². The normalized spacial score (nSPS) is 12.3. The SMILES string of the molecule is CCCC[C@H](NC(=O)C(Cc1c(F)cccc1F)NC(=O)c1ccc(-c2ccccc2Cl)cc1)C(=O)c1nnc(-c2ccccc2)o1. The topological polar surface area (TPSA) is 114 Å². The molecule has 0 radical (unpaired) electrons. The van der Waals surface area contributed by atoms with Crippen LogP contribution in [0, 0.1) is 11.6 Å². The number of amides is 2. The van der Waals surface area contributed by atoms with E-state index in [1.165, 1.54) is 6.07 Å². The van der Waals surface area contributed by atoms with Crippen LogP contribution in [0.25, 0.3) is 22.6 Å². The molecule has 240 valence electrons. The van der Waals surface area contributed by atoms with Gasteiger partial charge >= 0.3 is 0 Å². The minimum atomic E-state index is -1.45. The van der Waals surface area contributed by atoms with Crippen molar-refractivity contribution in [2.75, 3.05) is 0 Å². The predicted molar refractivity (Wildman–Crippen MR) is 174 cm³/mol. The molecule has 1 aromatic heterocycles. The molecular formula is C36H31ClF2N4O4. The number of unbranched alkanes of at least 4 members (excludes halogenated alkanes) is 1. The van der Waals surface area contributed by atoms with Gasteiger partial charge in [0, 0.05) is 33.7 Å². The number of nitrogens with zero attached hydrogens (tertiary/aromatic N) is 2. The first-order valence-corrected chi connectivity index (χ1v) is 15.4. The number of Topliss-reactive ketones (excluding diaryl/α,β-unsaturated/α-hetero) is 1. The highest BCUT2D eigenvalue weighted by molar-refractivity contribution is 6.33. The zero-order chi connectivity index (χ0) is 33.3. The molecule has 8 nitrogen and oxygen atoms in total. The van der Waals surface area contributed by atoms with Crippen molar-refractivity contribution in [3.63, 3.8) is 0 Å². The Bertz CT molecular complexity index is 1840. The van der Waals surface area contributed by atoms with Gasteiger partial charge < -0.3 is 15.1 Å². The van der Waals surface area contributed by atoms with Gasteiger partial charge in [-0.3, -0.25) is 14.4 Å². The van der Waals surface area contributed by atoms with E-state index < -0.39 is 47.7 Å². The van der Waals surface area contributed by atoms with Crippen LogP contribution in [-0.4, -0.2) is 39.9 Å². The van der Waals surface area contributed by atoms with Crippen LogP contribution < -0.4 is 10.6 Å². The third-order valence-corrected chi connectivity index (χ3v) is 7.89. The highest BCUT2D eigenvalue weighted by Crippen LogP contribution is 2.27. The minimum absolute atomic E-state index is 0.134. The van der Waals surface area contributed by atoms with Crippen molar-refractivity contribution in [3.8, 4) is 22.6 Å². The third-order valence-electron chi connectivity index (χ3n) is 7.56. The van der Waals surface area contributed by atoms with Crippen molar-refractivity contribution in [2.45, 2.75) is 44.7 Å². The molecule has 0 saturated heterocycles. The zero-order valence-corrected chi connectivity index (χ0v) is 26.1. The number of hydrogen-bond acceptors (Lipinski definition) is 6. The van der Waals surface area contributed by atoms with Crippen molar-refractivity contribution in [2.24, 2.45) is 0 Å². The van der Waals surface area contributed by atoms with Crippen LogP contribution >= 0.6 is 11.6 Å². The van der Waals surface area contributed by atoms with Crippen LogP contribution in [0.1, 0.15) is 52.8 Å². The molecule has 0 spiro atoms. The summed E-state index contributed by atoms with van der Waals surface area (Å²) in [4.78, 5) is 40.6. The van der Waals surface area contributed by atoms with Crippen LogP contribution in [0.4, 0.5) is 8.78 Å². The molecule has 2 amide bonds. The first-order valence-electron chi connectivity index (χ1n) is 15.1. The molecule has 5 aromatic rings. The van der Waals surface area contributed by atoms with E-state index >= 15 is 0 Å². The molecule has 1 unspecified atom stereocenters. The summed E-state index contributed by atoms with van der Waals surface area (Å²) in [6, 6.07) is 23.4. The lowest BCUT2D eigenvalue weighted by atomic mass is 10.0. The van der Waals surface area contributed by atoms with E-state index in [-0.39, 0.29) is 29.3 Å². The lowest BCUT2D eigenvalue weighted by molar-refractivity contribution is -0.123. The first kappa shape index (κ1) is 33.2. The lowest BCUT2D eigenvalue weighted by Crippen LogP contribution is -2.52. The number of ketones is 1. The number of aromatic nitrogens is 2. The van der Waals surface area contributed by atoms with Crippen LogP contribution in [0.3, 0.4) is 0 Å². The molecule has 4 aromatic carbocycles. The second-order valence-corrected chi connectivity index (χ2v) is 11.2. The van der Waals surface area contributed by atoms with Crippen LogP contribution in [0.2, 0.25) is 5.02 Å². The molecule has 5 rings (SSSR count). The summed E-state index contributed by atoms with van der Waals surface area (Å²) >= 11 is 6.31. The van der Waals surface area contributed by atoms with Gasteiger partial charge in [0.2, 0.25) is 17.6 Å². The fourth-order valence-electron chi connectivity index (χ4n) is 5.00. The van der Waals surface area contributed by atoms with Gasteiger partial charge in [0.05, 0.1) is 6.04 Å². The van der Waals surface area contributed by atoms with E-state index in [2.05, 4.69) is 20.8 Å². The molecule has 0 aliphatic rings. The number of hydrogen-bond donors (Lipinski definition) is 2. The summed E-state index contributed by atoms with van der Waals surface area (Å²) in [7, 11) is 0. The summed E-state index contributed by atoms with van der Waals surface area (Å²) in [6.45, 7) is 1.92. The van der Waals surface area contributed by atoms with E-state index in [4.69, 9.17) is 16.0 Å². The maximum atomic E-state index is 14.7. The van der Waals surface area contributed by atoms with E-state index in [1.807, 2.05) is 31.2 Å². The van der Waals surface area contributed by atoms with Crippen molar-refractivity contribution >= 4 is 29.2 Å². The zero-order valence-electron chi connectivity index (χ0n) is 25.4. The van der Waals surface area contributed by atoms with Crippen molar-refractivity contribution in [1.82, 2.24) is 20.8 Å². The van der Waals surface area contributed by atoms with Crippen LogP contribution in [0.15, 0.2) is 101 Å². The number of rotatable bonds is 13. The van der Waals surface area contributed by atoms with Gasteiger partial charge in [0.15, 0.2) is 0 Å². The molecule has 0 saturated carbocycles. The van der Waals surface area contributed by atoms with Gasteiger partial charge in [-0.25, -0.2) is 8.78 Å². The Labute approximate surface area is 275 Å². The number of nitrogens with one attached hydrogen (secondary N) is 2. The highest BCUT2D eigenvalue weighted by Gasteiger charge is 2.31. The monoisotopic (exact) mass is 656 g/mol. The maximum absolute atomic E-state index is 14.7. The second-order valence-electron chi connectivity index (χ2n) is 10.8. The summed E-state index contributed by atoms with van der Waals surface area (Å²) < 4.78 is 35.1. The molecule has 1 heterocycles. The molecule has 0 bridgehead atoms. The summed E-state index contributed by atoms with van der Waals surface area (Å²) in [6.07, 6.45) is 0.986. The van der Waals surface area contributed by atoms with Crippen LogP contribution in [0.5, 0.6) is 0 Å². The van der Waals surface area contributed by atoms with Crippen LogP contribution in [-0.2, 0) is 11.2 Å². The van der Waals surface area contributed by atoms with Gasteiger partial charge in [0.1, 0.15) is 17.7 Å². The summed E-state index contributed by atoms with van der Waals surface area (Å²) in [5.74, 6) is -4.02. The lowest BCUT2D eigenvalue weighted by Gasteiger charge is -2.23. The molecule has 2 N–H and O–H groups in total. The average Bonchev–Trinajstić information content (AvgIpc) is 3.59. The Hall–Kier alpha value is -5.22. The van der Waals surface area contributed by atoms with Crippen molar-refractivity contribution in [1.29, 1.82) is 0 Å². The first-order chi connectivity index (χ1) is 22.7. The second kappa shape index (κ2) is 15.4. The smallest absolute Gasteiger partial charge is 0.286 e. The van der Waals surface area contributed by atoms with E-state index in [0.717, 1.165) is 23.3 Å². The maximum Gasteiger partial charge on any atom is 0.286 e. The molecule has 47 heavy (non-hydrogen) atoms. The fraction of sp³-hybridized carbons (Fsp3) is 0.194. The number of carbonyl (C=O) groups excluding carboxylic acids is 3. The average molecular weight is 657 g/mol. The molecule has 2 atom stereocenters.